The summed E-state index contributed by atoms with van der Waals surface area (Å²) in [4.78, 5) is 11.7. The molecule has 7 nitrogen and oxygen atoms in total. The van der Waals surface area contributed by atoms with Gasteiger partial charge in [0.2, 0.25) is 0 Å². The Bertz CT molecular complexity index is 1040. The summed E-state index contributed by atoms with van der Waals surface area (Å²) in [6.45, 7) is 6.33. The lowest BCUT2D eigenvalue weighted by Gasteiger charge is -2.23. The molecular formula is C20H26N4O3. The maximum atomic E-state index is 11.7. The molecule has 0 saturated heterocycles. The molecule has 2 aromatic heterocycles. The molecule has 0 spiro atoms. The van der Waals surface area contributed by atoms with E-state index in [0.29, 0.717) is 11.5 Å². The Morgan fingerprint density at radius 3 is 2.70 bits per heavy atom. The second-order valence-electron chi connectivity index (χ2n) is 8.44. The van der Waals surface area contributed by atoms with Gasteiger partial charge in [-0.3, -0.25) is 4.57 Å². The van der Waals surface area contributed by atoms with E-state index >= 15 is 0 Å². The topological polar surface area (TPSA) is 85.2 Å². The molecule has 2 N–H and O–H groups in total. The van der Waals surface area contributed by atoms with Crippen LogP contribution in [0.1, 0.15) is 51.6 Å². The van der Waals surface area contributed by atoms with Gasteiger partial charge in [0.1, 0.15) is 5.82 Å². The minimum atomic E-state index is -0.371. The van der Waals surface area contributed by atoms with E-state index in [1.165, 1.54) is 4.57 Å². The monoisotopic (exact) mass is 370 g/mol. The first kappa shape index (κ1) is 17.9. The van der Waals surface area contributed by atoms with Crippen molar-refractivity contribution in [2.75, 3.05) is 5.32 Å². The van der Waals surface area contributed by atoms with E-state index in [4.69, 9.17) is 9.52 Å². The molecule has 4 rings (SSSR count). The van der Waals surface area contributed by atoms with E-state index in [-0.39, 0.29) is 17.4 Å². The smallest absolute Gasteiger partial charge is 0.408 e. The molecule has 0 bridgehead atoms. The highest BCUT2D eigenvalue weighted by Gasteiger charge is 2.29. The summed E-state index contributed by atoms with van der Waals surface area (Å²) in [5.74, 6) is 0.805. The summed E-state index contributed by atoms with van der Waals surface area (Å²) in [6.07, 6.45) is 2.33. The van der Waals surface area contributed by atoms with Crippen molar-refractivity contribution in [3.05, 3.63) is 40.5 Å². The number of nitrogens with one attached hydrogen (secondary N) is 1. The van der Waals surface area contributed by atoms with Crippen LogP contribution in [-0.4, -0.2) is 25.6 Å². The van der Waals surface area contributed by atoms with Gasteiger partial charge in [-0.15, -0.1) is 0 Å². The lowest BCUT2D eigenvalue weighted by molar-refractivity contribution is 0.181. The van der Waals surface area contributed by atoms with Gasteiger partial charge >= 0.3 is 5.76 Å². The summed E-state index contributed by atoms with van der Waals surface area (Å²) < 4.78 is 8.76. The number of oxazole rings is 1. The summed E-state index contributed by atoms with van der Waals surface area (Å²) in [5.41, 5.74) is 2.96. The van der Waals surface area contributed by atoms with Crippen molar-refractivity contribution in [3.8, 4) is 0 Å². The van der Waals surface area contributed by atoms with E-state index < -0.39 is 0 Å². The van der Waals surface area contributed by atoms with Crippen LogP contribution < -0.4 is 11.1 Å². The first-order valence-electron chi connectivity index (χ1n) is 9.37. The van der Waals surface area contributed by atoms with Crippen molar-refractivity contribution in [3.63, 3.8) is 0 Å². The van der Waals surface area contributed by atoms with E-state index in [1.807, 2.05) is 22.9 Å². The van der Waals surface area contributed by atoms with Crippen LogP contribution in [0.25, 0.3) is 11.1 Å². The Morgan fingerprint density at radius 2 is 2.04 bits per heavy atom. The number of benzene rings is 1. The van der Waals surface area contributed by atoms with Crippen molar-refractivity contribution < 1.29 is 9.52 Å². The number of nitrogens with zero attached hydrogens (tertiary/aromatic N) is 3. The van der Waals surface area contributed by atoms with Gasteiger partial charge < -0.3 is 14.8 Å². The molecule has 2 atom stereocenters. The molecule has 2 heterocycles. The van der Waals surface area contributed by atoms with E-state index in [9.17, 15) is 9.90 Å². The van der Waals surface area contributed by atoms with Crippen LogP contribution in [0.2, 0.25) is 0 Å². The molecule has 27 heavy (non-hydrogen) atoms. The molecule has 1 aliphatic rings. The third-order valence-electron chi connectivity index (χ3n) is 5.25. The molecule has 0 aliphatic heterocycles. The van der Waals surface area contributed by atoms with Crippen molar-refractivity contribution in [2.24, 2.45) is 7.05 Å². The second-order valence-corrected chi connectivity index (χ2v) is 8.44. The molecule has 3 aromatic rings. The van der Waals surface area contributed by atoms with Crippen molar-refractivity contribution in [1.29, 1.82) is 0 Å². The predicted octanol–water partition coefficient (Wildman–Crippen LogP) is 3.46. The molecule has 1 aliphatic carbocycles. The fourth-order valence-electron chi connectivity index (χ4n) is 3.79. The normalized spacial score (nSPS) is 20.5. The van der Waals surface area contributed by atoms with Crippen LogP contribution in [0, 0.1) is 0 Å². The zero-order valence-corrected chi connectivity index (χ0v) is 16.2. The van der Waals surface area contributed by atoms with Crippen LogP contribution >= 0.6 is 0 Å². The van der Waals surface area contributed by atoms with Crippen molar-refractivity contribution in [1.82, 2.24) is 14.3 Å². The first-order chi connectivity index (χ1) is 12.7. The number of aliphatic hydroxyl groups is 1. The molecular weight excluding hydrogens is 344 g/mol. The van der Waals surface area contributed by atoms with Gasteiger partial charge in [-0.05, 0) is 52.2 Å². The summed E-state index contributed by atoms with van der Waals surface area (Å²) in [5, 5.41) is 18.1. The number of rotatable bonds is 3. The highest BCUT2D eigenvalue weighted by molar-refractivity contribution is 5.78. The van der Waals surface area contributed by atoms with Gasteiger partial charge in [-0.1, -0.05) is 0 Å². The van der Waals surface area contributed by atoms with Gasteiger partial charge in [0, 0.05) is 30.8 Å². The van der Waals surface area contributed by atoms with Gasteiger partial charge in [0.25, 0.3) is 0 Å². The van der Waals surface area contributed by atoms with Crippen LogP contribution in [0.15, 0.2) is 33.5 Å². The number of aliphatic hydroxyl groups excluding tert-OH is 1. The van der Waals surface area contributed by atoms with Gasteiger partial charge in [0.15, 0.2) is 5.58 Å². The SMILES string of the molecule is Cn1c(=O)oc2cc(Nc3cc([C@H]4CC[C@@H](O)C4)nn3C(C)(C)C)ccc21. The summed E-state index contributed by atoms with van der Waals surface area (Å²) >= 11 is 0. The molecule has 0 amide bonds. The third-order valence-corrected chi connectivity index (χ3v) is 5.25. The highest BCUT2D eigenvalue weighted by atomic mass is 16.4. The largest absolute Gasteiger partial charge is 0.419 e. The van der Waals surface area contributed by atoms with Crippen molar-refractivity contribution in [2.45, 2.75) is 57.6 Å². The minimum Gasteiger partial charge on any atom is -0.408 e. The van der Waals surface area contributed by atoms with Gasteiger partial charge in [-0.2, -0.15) is 5.10 Å². The molecule has 0 unspecified atom stereocenters. The maximum absolute atomic E-state index is 11.7. The first-order valence-corrected chi connectivity index (χ1v) is 9.37. The van der Waals surface area contributed by atoms with Crippen LogP contribution in [0.3, 0.4) is 0 Å². The Balaban J connectivity index is 1.70. The van der Waals surface area contributed by atoms with Gasteiger partial charge in [-0.25, -0.2) is 9.48 Å². The van der Waals surface area contributed by atoms with E-state index in [2.05, 4.69) is 32.2 Å². The Morgan fingerprint density at radius 1 is 1.26 bits per heavy atom. The third kappa shape index (κ3) is 3.27. The standard InChI is InChI=1S/C20H26N4O3/c1-20(2,3)24-18(11-15(22-24)12-5-7-14(25)9-12)21-13-6-8-16-17(10-13)27-19(26)23(16)4/h6,8,10-12,14,21,25H,5,7,9H2,1-4H3/t12-,14+/m0/s1. The zero-order chi connectivity index (χ0) is 19.3. The maximum Gasteiger partial charge on any atom is 0.419 e. The van der Waals surface area contributed by atoms with Crippen LogP contribution in [0.4, 0.5) is 11.5 Å². The summed E-state index contributed by atoms with van der Waals surface area (Å²) in [6, 6.07) is 7.69. The predicted molar refractivity (Wildman–Crippen MR) is 105 cm³/mol. The molecule has 1 fully saturated rings. The van der Waals surface area contributed by atoms with Crippen molar-refractivity contribution >= 4 is 22.6 Å². The molecule has 144 valence electrons. The average Bonchev–Trinajstić information content (AvgIpc) is 3.26. The molecule has 0 radical (unpaired) electrons. The highest BCUT2D eigenvalue weighted by Crippen LogP contribution is 2.36. The Labute approximate surface area is 157 Å². The fraction of sp³-hybridized carbons (Fsp3) is 0.500. The molecule has 1 saturated carbocycles. The lowest BCUT2D eigenvalue weighted by atomic mass is 10.0. The minimum absolute atomic E-state index is 0.193. The average molecular weight is 370 g/mol. The van der Waals surface area contributed by atoms with E-state index in [0.717, 1.165) is 42.0 Å². The molecule has 1 aromatic carbocycles. The fourth-order valence-corrected chi connectivity index (χ4v) is 3.79. The van der Waals surface area contributed by atoms with Gasteiger partial charge in [0.05, 0.1) is 22.9 Å². The lowest BCUT2D eigenvalue weighted by Crippen LogP contribution is -2.24. The number of hydrogen-bond acceptors (Lipinski definition) is 5. The van der Waals surface area contributed by atoms with Crippen LogP contribution in [-0.2, 0) is 12.6 Å². The number of aryl methyl sites for hydroxylation is 1. The van der Waals surface area contributed by atoms with E-state index in [1.54, 1.807) is 7.05 Å². The Kier molecular flexibility index (Phi) is 4.14. The summed E-state index contributed by atoms with van der Waals surface area (Å²) in [7, 11) is 1.69. The quantitative estimate of drug-likeness (QED) is 0.737. The number of anilines is 2. The second kappa shape index (κ2) is 6.27. The number of aromatic nitrogens is 3. The Hall–Kier alpha value is -2.54. The molecule has 7 heteroatoms. The number of hydrogen-bond donors (Lipinski definition) is 2. The zero-order valence-electron chi connectivity index (χ0n) is 16.2. The van der Waals surface area contributed by atoms with Crippen LogP contribution in [0.5, 0.6) is 0 Å². The number of fused-ring (bicyclic) bond motifs is 1.